The van der Waals surface area contributed by atoms with E-state index in [4.69, 9.17) is 14.2 Å². The van der Waals surface area contributed by atoms with Crippen LogP contribution in [0.4, 0.5) is 5.69 Å². The number of anilines is 1. The summed E-state index contributed by atoms with van der Waals surface area (Å²) >= 11 is 0. The average Bonchev–Trinajstić information content (AvgIpc) is 2.61. The van der Waals surface area contributed by atoms with Crippen LogP contribution in [0.2, 0.25) is 0 Å². The lowest BCUT2D eigenvalue weighted by Crippen LogP contribution is -2.42. The largest absolute Gasteiger partial charge is 0.493 e. The average molecular weight is 351 g/mol. The normalized spacial score (nSPS) is 13.0. The third kappa shape index (κ3) is 5.74. The molecule has 1 aromatic carbocycles. The quantitative estimate of drug-likeness (QED) is 0.649. The number of esters is 1. The highest BCUT2D eigenvalue weighted by atomic mass is 16.5. The highest BCUT2D eigenvalue weighted by molar-refractivity contribution is 5.99. The van der Waals surface area contributed by atoms with Gasteiger partial charge < -0.3 is 19.5 Å². The second-order valence-electron chi connectivity index (χ2n) is 5.86. The first-order valence-corrected chi connectivity index (χ1v) is 8.72. The van der Waals surface area contributed by atoms with Gasteiger partial charge in [-0.15, -0.1) is 0 Å². The number of hydrogen-bond donors (Lipinski definition) is 1. The van der Waals surface area contributed by atoms with Gasteiger partial charge in [-0.1, -0.05) is 19.8 Å². The molecule has 0 fully saturated rings. The summed E-state index contributed by atoms with van der Waals surface area (Å²) in [6.45, 7) is 8.43. The fourth-order valence-corrected chi connectivity index (χ4v) is 2.51. The molecule has 0 heterocycles. The molecule has 0 saturated carbocycles. The number of carbonyl (C=O) groups excluding carboxylic acids is 2. The van der Waals surface area contributed by atoms with Gasteiger partial charge in [-0.3, -0.25) is 4.79 Å². The van der Waals surface area contributed by atoms with Gasteiger partial charge in [0.1, 0.15) is 16.9 Å². The number of ether oxygens (including phenoxy) is 3. The van der Waals surface area contributed by atoms with Gasteiger partial charge in [0.05, 0.1) is 13.7 Å². The van der Waals surface area contributed by atoms with Gasteiger partial charge in [0.2, 0.25) is 0 Å². The van der Waals surface area contributed by atoms with Crippen LogP contribution in [-0.4, -0.2) is 37.8 Å². The van der Waals surface area contributed by atoms with E-state index in [2.05, 4.69) is 12.2 Å². The van der Waals surface area contributed by atoms with Crippen molar-refractivity contribution in [2.75, 3.05) is 25.6 Å². The number of carbonyl (C=O) groups is 2. The standard InChI is InChI=1S/C19H29NO5/c1-6-9-12-19(4,25-8-3)18(22)20-14-10-11-16(24-7-2)15(13-14)17(21)23-5/h10-11,13H,6-9,12H2,1-5H3,(H,20,22)/t19-/m1/s1. The van der Waals surface area contributed by atoms with Crippen molar-refractivity contribution in [3.8, 4) is 5.75 Å². The van der Waals surface area contributed by atoms with Crippen LogP contribution in [0.15, 0.2) is 18.2 Å². The van der Waals surface area contributed by atoms with Crippen molar-refractivity contribution in [1.29, 1.82) is 0 Å². The van der Waals surface area contributed by atoms with Gasteiger partial charge in [0.25, 0.3) is 5.91 Å². The maximum absolute atomic E-state index is 12.7. The van der Waals surface area contributed by atoms with E-state index < -0.39 is 11.6 Å². The Labute approximate surface area is 149 Å². The van der Waals surface area contributed by atoms with Crippen LogP contribution in [-0.2, 0) is 14.3 Å². The van der Waals surface area contributed by atoms with Crippen molar-refractivity contribution in [2.24, 2.45) is 0 Å². The van der Waals surface area contributed by atoms with Crippen LogP contribution in [0.25, 0.3) is 0 Å². The molecule has 0 aliphatic rings. The molecular formula is C19H29NO5. The predicted octanol–water partition coefficient (Wildman–Crippen LogP) is 3.80. The molecule has 0 spiro atoms. The molecule has 1 atom stereocenters. The van der Waals surface area contributed by atoms with E-state index in [1.54, 1.807) is 25.1 Å². The molecule has 6 nitrogen and oxygen atoms in total. The number of amides is 1. The summed E-state index contributed by atoms with van der Waals surface area (Å²) < 4.78 is 15.9. The van der Waals surface area contributed by atoms with Gasteiger partial charge in [-0.25, -0.2) is 4.79 Å². The second kappa shape index (κ2) is 10.0. The fraction of sp³-hybridized carbons (Fsp3) is 0.579. The fourth-order valence-electron chi connectivity index (χ4n) is 2.51. The van der Waals surface area contributed by atoms with E-state index in [0.29, 0.717) is 31.1 Å². The van der Waals surface area contributed by atoms with E-state index in [-0.39, 0.29) is 11.5 Å². The monoisotopic (exact) mass is 351 g/mol. The van der Waals surface area contributed by atoms with Crippen LogP contribution in [0.3, 0.4) is 0 Å². The molecule has 0 unspecified atom stereocenters. The molecule has 140 valence electrons. The Morgan fingerprint density at radius 1 is 1.16 bits per heavy atom. The summed E-state index contributed by atoms with van der Waals surface area (Å²) in [6, 6.07) is 4.90. The Morgan fingerprint density at radius 3 is 2.44 bits per heavy atom. The minimum absolute atomic E-state index is 0.234. The number of nitrogens with one attached hydrogen (secondary N) is 1. The van der Waals surface area contributed by atoms with E-state index in [1.165, 1.54) is 7.11 Å². The zero-order chi connectivity index (χ0) is 18.9. The van der Waals surface area contributed by atoms with E-state index in [1.807, 2.05) is 13.8 Å². The van der Waals surface area contributed by atoms with Crippen molar-refractivity contribution >= 4 is 17.6 Å². The minimum Gasteiger partial charge on any atom is -0.493 e. The molecule has 0 radical (unpaired) electrons. The van der Waals surface area contributed by atoms with Crippen LogP contribution in [0.1, 0.15) is 57.3 Å². The van der Waals surface area contributed by atoms with E-state index >= 15 is 0 Å². The molecular weight excluding hydrogens is 322 g/mol. The van der Waals surface area contributed by atoms with Gasteiger partial charge in [0, 0.05) is 12.3 Å². The lowest BCUT2D eigenvalue weighted by Gasteiger charge is -2.28. The van der Waals surface area contributed by atoms with Crippen LogP contribution < -0.4 is 10.1 Å². The molecule has 6 heteroatoms. The number of unbranched alkanes of at least 4 members (excludes halogenated alkanes) is 1. The number of methoxy groups -OCH3 is 1. The molecule has 1 aromatic rings. The third-order valence-corrected chi connectivity index (χ3v) is 3.89. The van der Waals surface area contributed by atoms with Gasteiger partial charge in [-0.2, -0.15) is 0 Å². The molecule has 0 bridgehead atoms. The molecule has 1 amide bonds. The molecule has 0 saturated heterocycles. The maximum atomic E-state index is 12.7. The second-order valence-corrected chi connectivity index (χ2v) is 5.86. The first-order chi connectivity index (χ1) is 11.9. The summed E-state index contributed by atoms with van der Waals surface area (Å²) in [4.78, 5) is 24.7. The number of hydrogen-bond acceptors (Lipinski definition) is 5. The van der Waals surface area contributed by atoms with Crippen molar-refractivity contribution in [3.63, 3.8) is 0 Å². The highest BCUT2D eigenvalue weighted by Crippen LogP contribution is 2.26. The molecule has 25 heavy (non-hydrogen) atoms. The van der Waals surface area contributed by atoms with Gasteiger partial charge >= 0.3 is 5.97 Å². The van der Waals surface area contributed by atoms with Gasteiger partial charge in [0.15, 0.2) is 0 Å². The summed E-state index contributed by atoms with van der Waals surface area (Å²) in [5.41, 5.74) is -0.139. The molecule has 0 aliphatic carbocycles. The first kappa shape index (κ1) is 21.0. The first-order valence-electron chi connectivity index (χ1n) is 8.72. The van der Waals surface area contributed by atoms with E-state index in [9.17, 15) is 9.59 Å². The summed E-state index contributed by atoms with van der Waals surface area (Å²) in [6.07, 6.45) is 2.50. The number of benzene rings is 1. The summed E-state index contributed by atoms with van der Waals surface area (Å²) in [5, 5.41) is 2.84. The van der Waals surface area contributed by atoms with Crippen LogP contribution in [0, 0.1) is 0 Å². The lowest BCUT2D eigenvalue weighted by molar-refractivity contribution is -0.139. The molecule has 0 aliphatic heterocycles. The zero-order valence-corrected chi connectivity index (χ0v) is 15.8. The maximum Gasteiger partial charge on any atom is 0.341 e. The molecule has 1 rings (SSSR count). The van der Waals surface area contributed by atoms with Crippen molar-refractivity contribution < 1.29 is 23.8 Å². The molecule has 0 aromatic heterocycles. The molecule has 1 N–H and O–H groups in total. The Balaban J connectivity index is 3.03. The van der Waals surface area contributed by atoms with E-state index in [0.717, 1.165) is 12.8 Å². The van der Waals surface area contributed by atoms with Crippen LogP contribution >= 0.6 is 0 Å². The van der Waals surface area contributed by atoms with Crippen LogP contribution in [0.5, 0.6) is 5.75 Å². The number of rotatable bonds is 10. The van der Waals surface area contributed by atoms with Crippen molar-refractivity contribution in [1.82, 2.24) is 0 Å². The van der Waals surface area contributed by atoms with Crippen molar-refractivity contribution in [2.45, 2.75) is 52.6 Å². The Hall–Kier alpha value is -2.08. The predicted molar refractivity (Wildman–Crippen MR) is 97.1 cm³/mol. The Bertz CT molecular complexity index is 587. The minimum atomic E-state index is -0.908. The Kier molecular flexibility index (Phi) is 8.41. The summed E-state index contributed by atoms with van der Waals surface area (Å²) in [5.74, 6) is -0.327. The van der Waals surface area contributed by atoms with Gasteiger partial charge in [-0.05, 0) is 45.4 Å². The van der Waals surface area contributed by atoms with Crippen molar-refractivity contribution in [3.05, 3.63) is 23.8 Å². The highest BCUT2D eigenvalue weighted by Gasteiger charge is 2.33. The Morgan fingerprint density at radius 2 is 1.88 bits per heavy atom. The SMILES string of the molecule is CCCC[C@@](C)(OCC)C(=O)Nc1ccc(OCC)c(C(=O)OC)c1. The topological polar surface area (TPSA) is 73.9 Å². The third-order valence-electron chi connectivity index (χ3n) is 3.89. The smallest absolute Gasteiger partial charge is 0.341 e. The zero-order valence-electron chi connectivity index (χ0n) is 15.8. The lowest BCUT2D eigenvalue weighted by atomic mass is 9.97. The summed E-state index contributed by atoms with van der Waals surface area (Å²) in [7, 11) is 1.31.